The fourth-order valence-electron chi connectivity index (χ4n) is 7.74. The SMILES string of the molecule is C=C[C@@H]1C=CC[C@]2(CC[C@@]3(O[C@@H]4C[C@@H]([C@@H](OC(=O)c5ccc([N+](=O)[O-])cc5)C(=O)[C@H](C)C[C@H](C)[C@H](O[Si](C)(C)C(C)(C)C)C(=C)Br)O[C@@H]4C[C@H]3C)O2)O1. The Bertz CT molecular complexity index is 1590. The molecule has 292 valence electrons. The molecule has 0 radical (unpaired) electrons. The maximum Gasteiger partial charge on any atom is 0.338 e. The number of carbonyl (C=O) groups is 2. The molecule has 4 heterocycles. The molecule has 3 saturated heterocycles. The number of fused-ring (bicyclic) bond motifs is 1. The molecule has 1 aromatic carbocycles. The van der Waals surface area contributed by atoms with Crippen molar-refractivity contribution in [3.05, 3.63) is 75.8 Å². The Labute approximate surface area is 323 Å². The molecule has 0 bridgehead atoms. The Morgan fingerprint density at radius 3 is 2.42 bits per heavy atom. The predicted molar refractivity (Wildman–Crippen MR) is 207 cm³/mol. The van der Waals surface area contributed by atoms with E-state index in [0.717, 1.165) is 0 Å². The third kappa shape index (κ3) is 8.97. The summed E-state index contributed by atoms with van der Waals surface area (Å²) >= 11 is 3.59. The van der Waals surface area contributed by atoms with Crippen molar-refractivity contribution in [2.45, 2.75) is 146 Å². The molecule has 4 aliphatic heterocycles. The molecule has 11 nitrogen and oxygen atoms in total. The van der Waals surface area contributed by atoms with Gasteiger partial charge < -0.3 is 28.1 Å². The molecule has 3 fully saturated rings. The van der Waals surface area contributed by atoms with Crippen molar-refractivity contribution in [3.8, 4) is 0 Å². The summed E-state index contributed by atoms with van der Waals surface area (Å²) in [5, 5.41) is 11.2. The lowest BCUT2D eigenvalue weighted by Crippen LogP contribution is -2.53. The van der Waals surface area contributed by atoms with Gasteiger partial charge in [0.05, 0.1) is 34.9 Å². The van der Waals surface area contributed by atoms with E-state index in [-0.39, 0.29) is 52.2 Å². The van der Waals surface area contributed by atoms with Gasteiger partial charge in [-0.15, -0.1) is 6.58 Å². The number of halogens is 1. The molecule has 0 amide bonds. The van der Waals surface area contributed by atoms with E-state index in [2.05, 4.69) is 76.0 Å². The van der Waals surface area contributed by atoms with Gasteiger partial charge in [0.2, 0.25) is 0 Å². The molecule has 0 saturated carbocycles. The first-order valence-electron chi connectivity index (χ1n) is 18.7. The molecule has 11 atom stereocenters. The van der Waals surface area contributed by atoms with Crippen LogP contribution in [0.5, 0.6) is 0 Å². The molecular formula is C40H56BrNO10Si. The summed E-state index contributed by atoms with van der Waals surface area (Å²) in [6, 6.07) is 5.13. The molecule has 2 spiro atoms. The normalized spacial score (nSPS) is 32.1. The number of esters is 1. The predicted octanol–water partition coefficient (Wildman–Crippen LogP) is 8.97. The van der Waals surface area contributed by atoms with Gasteiger partial charge in [-0.25, -0.2) is 4.79 Å². The summed E-state index contributed by atoms with van der Waals surface area (Å²) in [4.78, 5) is 38.8. The van der Waals surface area contributed by atoms with Crippen LogP contribution in [0.3, 0.4) is 0 Å². The van der Waals surface area contributed by atoms with Crippen molar-refractivity contribution in [1.29, 1.82) is 0 Å². The number of benzene rings is 1. The highest BCUT2D eigenvalue weighted by atomic mass is 79.9. The van der Waals surface area contributed by atoms with Gasteiger partial charge in [-0.1, -0.05) is 82.3 Å². The van der Waals surface area contributed by atoms with Crippen LogP contribution in [0, 0.1) is 27.9 Å². The maximum atomic E-state index is 14.5. The molecule has 0 aromatic heterocycles. The molecule has 13 heteroatoms. The molecule has 53 heavy (non-hydrogen) atoms. The number of nitro groups is 1. The average Bonchev–Trinajstić information content (AvgIpc) is 3.65. The van der Waals surface area contributed by atoms with Gasteiger partial charge in [-0.05, 0) is 49.0 Å². The molecule has 1 aromatic rings. The van der Waals surface area contributed by atoms with E-state index >= 15 is 0 Å². The smallest absolute Gasteiger partial charge is 0.338 e. The van der Waals surface area contributed by atoms with Crippen LogP contribution in [0.4, 0.5) is 5.69 Å². The van der Waals surface area contributed by atoms with E-state index in [1.807, 2.05) is 19.9 Å². The van der Waals surface area contributed by atoms with Crippen LogP contribution in [-0.2, 0) is 32.9 Å². The number of nitrogens with zero attached hydrogens (tertiary/aromatic N) is 1. The lowest BCUT2D eigenvalue weighted by molar-refractivity contribution is -0.384. The van der Waals surface area contributed by atoms with Crippen molar-refractivity contribution in [3.63, 3.8) is 0 Å². The van der Waals surface area contributed by atoms with Crippen molar-refractivity contribution >= 4 is 41.7 Å². The first kappa shape index (κ1) is 41.6. The summed E-state index contributed by atoms with van der Waals surface area (Å²) in [7, 11) is -2.19. The zero-order chi connectivity index (χ0) is 39.1. The zero-order valence-corrected chi connectivity index (χ0v) is 34.9. The van der Waals surface area contributed by atoms with E-state index in [1.54, 1.807) is 6.08 Å². The quantitative estimate of drug-likeness (QED) is 0.0625. The summed E-state index contributed by atoms with van der Waals surface area (Å²) in [5.74, 6) is -3.40. The van der Waals surface area contributed by atoms with Gasteiger partial charge in [0, 0.05) is 54.1 Å². The second-order valence-corrected chi connectivity index (χ2v) is 22.7. The van der Waals surface area contributed by atoms with Crippen molar-refractivity contribution < 1.29 is 42.6 Å². The second-order valence-electron chi connectivity index (χ2n) is 16.9. The molecule has 0 N–H and O–H groups in total. The molecule has 5 rings (SSSR count). The van der Waals surface area contributed by atoms with Crippen LogP contribution < -0.4 is 0 Å². The van der Waals surface area contributed by atoms with Gasteiger partial charge in [-0.3, -0.25) is 14.9 Å². The van der Waals surface area contributed by atoms with E-state index in [4.69, 9.17) is 28.1 Å². The van der Waals surface area contributed by atoms with Gasteiger partial charge in [-0.2, -0.15) is 0 Å². The Morgan fingerprint density at radius 1 is 1.13 bits per heavy atom. The van der Waals surface area contributed by atoms with Crippen LogP contribution >= 0.6 is 15.9 Å². The molecule has 4 aliphatic rings. The fraction of sp³-hybridized carbons (Fsp3) is 0.650. The Morgan fingerprint density at radius 2 is 1.81 bits per heavy atom. The van der Waals surface area contributed by atoms with E-state index in [9.17, 15) is 19.7 Å². The highest BCUT2D eigenvalue weighted by Crippen LogP contribution is 2.53. The van der Waals surface area contributed by atoms with Crippen LogP contribution in [0.15, 0.2) is 60.1 Å². The minimum atomic E-state index is -2.19. The highest BCUT2D eigenvalue weighted by Gasteiger charge is 2.60. The van der Waals surface area contributed by atoms with Crippen LogP contribution in [-0.4, -0.2) is 73.2 Å². The second kappa shape index (κ2) is 15.9. The number of carbonyl (C=O) groups excluding carboxylic acids is 2. The summed E-state index contributed by atoms with van der Waals surface area (Å²) in [6.07, 6.45) is 5.74. The van der Waals surface area contributed by atoms with Crippen molar-refractivity contribution in [2.75, 3.05) is 0 Å². The Balaban J connectivity index is 1.35. The van der Waals surface area contributed by atoms with Crippen molar-refractivity contribution in [2.24, 2.45) is 17.8 Å². The minimum Gasteiger partial charge on any atom is -0.448 e. The van der Waals surface area contributed by atoms with Gasteiger partial charge in [0.15, 0.2) is 31.8 Å². The number of Topliss-reactive ketones (excluding diaryl/α,β-unsaturated/α-hetero) is 1. The van der Waals surface area contributed by atoms with Gasteiger partial charge >= 0.3 is 5.97 Å². The number of hydrogen-bond acceptors (Lipinski definition) is 10. The summed E-state index contributed by atoms with van der Waals surface area (Å²) in [6.45, 7) is 24.9. The minimum absolute atomic E-state index is 0.0284. The largest absolute Gasteiger partial charge is 0.448 e. The van der Waals surface area contributed by atoms with E-state index in [0.29, 0.717) is 43.0 Å². The zero-order valence-electron chi connectivity index (χ0n) is 32.3. The third-order valence-electron chi connectivity index (χ3n) is 11.9. The standard InChI is InChI=1S/C40H56BrNO10Si/c1-11-30-13-12-18-39(49-30)19-20-40(52-39)26(4)22-31-32(50-40)23-33(47-31)36(48-37(44)28-14-16-29(17-15-28)42(45)46)34(43)24(2)21-25(3)35(27(5)41)51-53(9,10)38(6,7)8/h11-17,24-26,30-33,35-36H,1,5,18-23H2,2-4,6-10H3/t24-,25+,26-,30-,31-,32-,33+,35+,36-,39+,40-/m1/s1. The van der Waals surface area contributed by atoms with Crippen molar-refractivity contribution in [1.82, 2.24) is 0 Å². The summed E-state index contributed by atoms with van der Waals surface area (Å²) < 4.78 is 39.9. The number of ether oxygens (including phenoxy) is 5. The van der Waals surface area contributed by atoms with Crippen LogP contribution in [0.1, 0.15) is 90.4 Å². The van der Waals surface area contributed by atoms with E-state index < -0.39 is 55.0 Å². The van der Waals surface area contributed by atoms with Gasteiger partial charge in [0.1, 0.15) is 6.10 Å². The number of hydrogen-bond donors (Lipinski definition) is 0. The highest BCUT2D eigenvalue weighted by molar-refractivity contribution is 9.11. The molecule has 0 unspecified atom stereocenters. The van der Waals surface area contributed by atoms with Crippen LogP contribution in [0.25, 0.3) is 0 Å². The topological polar surface area (TPSA) is 133 Å². The molecular weight excluding hydrogens is 762 g/mol. The Hall–Kier alpha value is -2.52. The number of non-ortho nitro benzene ring substituents is 1. The third-order valence-corrected chi connectivity index (χ3v) is 16.8. The van der Waals surface area contributed by atoms with Gasteiger partial charge in [0.25, 0.3) is 5.69 Å². The number of rotatable bonds is 13. The monoisotopic (exact) mass is 817 g/mol. The lowest BCUT2D eigenvalue weighted by atomic mass is 9.85. The maximum absolute atomic E-state index is 14.5. The van der Waals surface area contributed by atoms with E-state index in [1.165, 1.54) is 24.3 Å². The lowest BCUT2D eigenvalue weighted by Gasteiger charge is -2.45. The Kier molecular flexibility index (Phi) is 12.5. The fourth-order valence-corrected chi connectivity index (χ4v) is 9.82. The summed E-state index contributed by atoms with van der Waals surface area (Å²) in [5.41, 5.74) is -0.0651. The number of nitro benzene ring substituents is 1. The average molecular weight is 819 g/mol. The van der Waals surface area contributed by atoms with Crippen LogP contribution in [0.2, 0.25) is 18.1 Å². The molecule has 0 aliphatic carbocycles. The first-order valence-corrected chi connectivity index (χ1v) is 22.4. The number of ketones is 1. The first-order chi connectivity index (χ1) is 24.7.